The Labute approximate surface area is 517 Å². The van der Waals surface area contributed by atoms with E-state index in [4.69, 9.17) is 96.8 Å². The van der Waals surface area contributed by atoms with E-state index in [1.807, 2.05) is 0 Å². The highest BCUT2D eigenvalue weighted by molar-refractivity contribution is 5.02. The van der Waals surface area contributed by atoms with Crippen molar-refractivity contribution in [3.63, 3.8) is 0 Å². The highest BCUT2D eigenvalue weighted by Crippen LogP contribution is 2.40. The fourth-order valence-corrected chi connectivity index (χ4v) is 11.9. The minimum atomic E-state index is -2.24. The molecule has 30 fully saturated rings. The van der Waals surface area contributed by atoms with Crippen LogP contribution in [0.25, 0.3) is 0 Å². The van der Waals surface area contributed by atoms with E-state index in [0.717, 1.165) is 0 Å². The Morgan fingerprint density at radius 3 is 0.457 bits per heavy atom. The first kappa shape index (κ1) is 75.4. The third-order valence-corrected chi connectivity index (χ3v) is 16.9. The van der Waals surface area contributed by atoms with Crippen LogP contribution in [0.15, 0.2) is 0 Å². The molecule has 30 saturated heterocycles. The third-order valence-electron chi connectivity index (χ3n) is 16.9. The molecule has 30 aliphatic rings. The highest BCUT2D eigenvalue weighted by Gasteiger charge is 2.60. The predicted molar refractivity (Wildman–Crippen MR) is 272 cm³/mol. The van der Waals surface area contributed by atoms with Crippen LogP contribution in [-0.2, 0) is 75.8 Å². The normalized spacial score (nSPS) is 53.2. The molecule has 26 N–H and O–H groups in total. The summed E-state index contributed by atoms with van der Waals surface area (Å²) >= 11 is 0. The summed E-state index contributed by atoms with van der Waals surface area (Å²) in [5.74, 6) is 0. The SMILES string of the molecule is NC[C@H]1O[C@@H]2O[C@H]3[C@H](O)[C@H](O)[C@@H](O[C@H]4[C@@H](O)[C@H](O)[C@@H](O[C@H]5[C@H](O)[C@@H](O)[C@@H](O[C@H]6[C@@H](O)[C@H](O)[C@@H](O[C@H]7[C@@H](O)[C@H](O)[C@@H](O[C@H]8[C@H](O)[C@@H](O)[C@@H](O[C@H]9[C@@H](O)[C@H](O)[C@@H](O[C@H]1[C@H](O)[C@H]2O)O[C@@H]9CO)O[C@@H]8CO)O[C@@H]7CO)O[C@@H]6CO)O[C@@H]5CO)O[C@H]4CO)O[C@@H]3CO.O=[N+]([O-])O. The van der Waals surface area contributed by atoms with Gasteiger partial charge in [0, 0.05) is 6.54 Å². The van der Waals surface area contributed by atoms with Crippen LogP contribution in [0, 0.1) is 10.1 Å². The van der Waals surface area contributed by atoms with Gasteiger partial charge >= 0.3 is 0 Å². The van der Waals surface area contributed by atoms with Crippen molar-refractivity contribution >= 4 is 0 Å². The largest absolute Gasteiger partial charge is 0.394 e. The second-order valence-electron chi connectivity index (χ2n) is 22.8. The molecule has 0 spiro atoms. The van der Waals surface area contributed by atoms with Gasteiger partial charge in [-0.1, -0.05) is 0 Å². The number of hydrogen-bond donors (Lipinski definition) is 25. The van der Waals surface area contributed by atoms with Crippen LogP contribution < -0.4 is 5.73 Å². The van der Waals surface area contributed by atoms with E-state index < -0.39 is 304 Å². The molecule has 30 rings (SSSR count). The van der Waals surface area contributed by atoms with E-state index >= 15 is 0 Å². The molecule has 92 heavy (non-hydrogen) atoms. The molecule has 44 heteroatoms. The van der Waals surface area contributed by atoms with E-state index in [1.54, 1.807) is 0 Å². The van der Waals surface area contributed by atoms with Gasteiger partial charge in [0.05, 0.1) is 46.2 Å². The number of nitrogens with two attached hydrogens (primary N) is 1. The lowest BCUT2D eigenvalue weighted by atomic mass is 9.94. The van der Waals surface area contributed by atoms with E-state index in [-0.39, 0.29) is 0 Å². The number of hydrogen-bond acceptors (Lipinski definition) is 42. The molecule has 0 aromatic heterocycles. The van der Waals surface area contributed by atoms with Crippen LogP contribution in [0.2, 0.25) is 0 Å². The second kappa shape index (κ2) is 32.5. The maximum absolute atomic E-state index is 11.4. The van der Waals surface area contributed by atoms with E-state index in [1.165, 1.54) is 0 Å². The number of aliphatic hydroxyl groups excluding tert-OH is 23. The van der Waals surface area contributed by atoms with E-state index in [9.17, 15) is 117 Å². The van der Waals surface area contributed by atoms with Crippen molar-refractivity contribution < 1.29 is 204 Å². The van der Waals surface area contributed by atoms with Crippen molar-refractivity contribution in [1.82, 2.24) is 0 Å². The van der Waals surface area contributed by atoms with Crippen LogP contribution in [0.5, 0.6) is 0 Å². The molecule has 16 bridgehead atoms. The summed E-state index contributed by atoms with van der Waals surface area (Å²) in [5.41, 5.74) is 5.96. The van der Waals surface area contributed by atoms with Gasteiger partial charge in [0.1, 0.15) is 195 Å². The Morgan fingerprint density at radius 1 is 0.239 bits per heavy atom. The summed E-state index contributed by atoms with van der Waals surface area (Å²) in [6, 6.07) is 0. The molecule has 536 valence electrons. The molecule has 30 heterocycles. The molecule has 0 unspecified atom stereocenters. The molecule has 0 aliphatic carbocycles. The average Bonchev–Trinajstić information content (AvgIpc) is 0.796. The standard InChI is InChI=1S/C48H81NO39.HNO3/c49-1-9-33-17(57)25(65)41(73-9)82-34-10(2-50)75-43(27(67)19(34)59)84-36-12(4-52)77-45(29(69)21(36)61)86-38-14(6-54)79-47(31(71)23(38)63)88-40-16(8-56)80-48(32(72)24(40)64)87-39-15(7-55)78-46(30(70)22(39)62)85-37-13(5-53)76-44(28(68)20(37)60)83-35-11(3-51)74-42(81-33)26(66)18(35)58;2-1(3)4/h9-48,50-72H,1-8,49H2;(H,2,3,4)/t9-,10-,11-,12+,13-,14-,15-,16-,17-,18+,19-,20-,21+,22+,23-,24+,25-,26+,27+,28-,29+,30+,31-,32+,33-,34-,35-,36-,37-,38-,39-,40-,41-,42-,43-,44-,45-,46-,47-,48-;/m1./s1. The van der Waals surface area contributed by atoms with Gasteiger partial charge in [-0.05, 0) is 0 Å². The first-order chi connectivity index (χ1) is 43.6. The lowest BCUT2D eigenvalue weighted by molar-refractivity contribution is -0.742. The van der Waals surface area contributed by atoms with E-state index in [2.05, 4.69) is 0 Å². The molecular weight excluding hydrogens is 1280 g/mol. The molecule has 44 nitrogen and oxygen atoms in total. The summed E-state index contributed by atoms with van der Waals surface area (Å²) < 4.78 is 91.5. The van der Waals surface area contributed by atoms with Crippen molar-refractivity contribution in [3.05, 3.63) is 10.1 Å². The van der Waals surface area contributed by atoms with Gasteiger partial charge in [0.25, 0.3) is 5.09 Å². The number of rotatable bonds is 8. The number of ether oxygens (including phenoxy) is 16. The minimum Gasteiger partial charge on any atom is -0.394 e. The molecule has 0 radical (unpaired) electrons. The quantitative estimate of drug-likeness (QED) is 0.0793. The fourth-order valence-electron chi connectivity index (χ4n) is 11.9. The average molecular weight is 1360 g/mol. The van der Waals surface area contributed by atoms with Crippen LogP contribution in [0.1, 0.15) is 0 Å². The monoisotopic (exact) mass is 1360 g/mol. The van der Waals surface area contributed by atoms with Crippen LogP contribution in [0.4, 0.5) is 0 Å². The summed E-state index contributed by atoms with van der Waals surface area (Å²) in [4.78, 5) is 8.36. The van der Waals surface area contributed by atoms with Crippen molar-refractivity contribution in [2.75, 3.05) is 52.8 Å². The van der Waals surface area contributed by atoms with Gasteiger partial charge in [-0.2, -0.15) is 0 Å². The lowest BCUT2D eigenvalue weighted by Gasteiger charge is -2.50. The van der Waals surface area contributed by atoms with Crippen molar-refractivity contribution in [1.29, 1.82) is 0 Å². The molecule has 0 aromatic rings. The molecule has 40 atom stereocenters. The number of nitrogens with zero attached hydrogens (tertiary/aromatic N) is 1. The van der Waals surface area contributed by atoms with Gasteiger partial charge in [0.2, 0.25) is 0 Å². The van der Waals surface area contributed by atoms with Crippen LogP contribution >= 0.6 is 0 Å². The Bertz CT molecular complexity index is 1820. The maximum Gasteiger partial charge on any atom is 0.291 e. The summed E-state index contributed by atoms with van der Waals surface area (Å²) in [6.45, 7) is -8.06. The van der Waals surface area contributed by atoms with Crippen LogP contribution in [-0.4, -0.2) is 426 Å². The summed E-state index contributed by atoms with van der Waals surface area (Å²) in [6.07, 6.45) is -80.9. The van der Waals surface area contributed by atoms with Crippen LogP contribution in [0.3, 0.4) is 0 Å². The maximum atomic E-state index is 11.4. The Hall–Kier alpha value is -2.40. The van der Waals surface area contributed by atoms with Gasteiger partial charge in [-0.25, -0.2) is 0 Å². The zero-order valence-corrected chi connectivity index (χ0v) is 47.9. The zero-order chi connectivity index (χ0) is 67.6. The first-order valence-corrected chi connectivity index (χ1v) is 28.8. The molecule has 0 aromatic carbocycles. The predicted octanol–water partition coefficient (Wildman–Crippen LogP) is -17.8. The van der Waals surface area contributed by atoms with Crippen molar-refractivity contribution in [2.45, 2.75) is 246 Å². The van der Waals surface area contributed by atoms with Crippen molar-refractivity contribution in [2.24, 2.45) is 5.73 Å². The molecular formula is C48H82N2O42. The van der Waals surface area contributed by atoms with Gasteiger partial charge in [-0.3, -0.25) is 0 Å². The molecule has 0 saturated carbocycles. The topological polar surface area (TPSA) is 702 Å². The summed E-state index contributed by atoms with van der Waals surface area (Å²) in [5, 5.41) is 268. The molecule has 0 amide bonds. The lowest BCUT2D eigenvalue weighted by Crippen LogP contribution is -2.69. The zero-order valence-electron chi connectivity index (χ0n) is 47.9. The Morgan fingerprint density at radius 2 is 0.348 bits per heavy atom. The highest BCUT2D eigenvalue weighted by atomic mass is 16.9. The Kier molecular flexibility index (Phi) is 26.6. The van der Waals surface area contributed by atoms with Gasteiger partial charge in [-0.15, -0.1) is 10.1 Å². The van der Waals surface area contributed by atoms with E-state index in [0.29, 0.717) is 0 Å². The minimum absolute atomic E-state index is 0.580. The molecule has 30 aliphatic heterocycles. The smallest absolute Gasteiger partial charge is 0.291 e. The first-order valence-electron chi connectivity index (χ1n) is 28.8. The second-order valence-corrected chi connectivity index (χ2v) is 22.8. The number of aliphatic hydroxyl groups is 23. The fraction of sp³-hybridized carbons (Fsp3) is 1.00. The third kappa shape index (κ3) is 15.5. The Balaban J connectivity index is 0.00000264. The van der Waals surface area contributed by atoms with Gasteiger partial charge < -0.3 is 204 Å². The van der Waals surface area contributed by atoms with Crippen molar-refractivity contribution in [3.8, 4) is 0 Å². The van der Waals surface area contributed by atoms with Gasteiger partial charge in [0.15, 0.2) is 50.3 Å². The summed E-state index contributed by atoms with van der Waals surface area (Å²) in [7, 11) is 0.